The summed E-state index contributed by atoms with van der Waals surface area (Å²) in [4.78, 5) is 41.0. The van der Waals surface area contributed by atoms with E-state index in [0.29, 0.717) is 37.7 Å². The molecule has 0 spiro atoms. The molecule has 0 saturated carbocycles. The molecule has 1 saturated heterocycles. The zero-order valence-electron chi connectivity index (χ0n) is 14.0. The molecule has 138 valence electrons. The number of halogens is 2. The van der Waals surface area contributed by atoms with Crippen molar-refractivity contribution in [3.63, 3.8) is 0 Å². The van der Waals surface area contributed by atoms with E-state index in [1.807, 2.05) is 0 Å². The maximum absolute atomic E-state index is 13.1. The van der Waals surface area contributed by atoms with Crippen LogP contribution in [0.1, 0.15) is 5.56 Å². The molecule has 2 aromatic rings. The van der Waals surface area contributed by atoms with E-state index in [0.717, 1.165) is 5.56 Å². The number of hydrogen-bond donors (Lipinski definition) is 1. The number of rotatable bonds is 4. The second kappa shape index (κ2) is 7.84. The van der Waals surface area contributed by atoms with Crippen LogP contribution in [0.3, 0.4) is 0 Å². The molecule has 0 bridgehead atoms. The number of hydrogen-bond acceptors (Lipinski definition) is 4. The molecule has 1 N–H and O–H groups in total. The summed E-state index contributed by atoms with van der Waals surface area (Å²) < 4.78 is 14.3. The van der Waals surface area contributed by atoms with E-state index < -0.39 is 11.2 Å². The van der Waals surface area contributed by atoms with Crippen LogP contribution in [0.25, 0.3) is 0 Å². The highest BCUT2D eigenvalue weighted by molar-refractivity contribution is 6.31. The van der Waals surface area contributed by atoms with E-state index in [4.69, 9.17) is 11.6 Å². The predicted octanol–water partition coefficient (Wildman–Crippen LogP) is 0.674. The number of benzene rings is 1. The molecule has 1 amide bonds. The van der Waals surface area contributed by atoms with E-state index in [1.165, 1.54) is 29.0 Å². The molecule has 1 aliphatic heterocycles. The summed E-state index contributed by atoms with van der Waals surface area (Å²) in [6.45, 7) is 2.82. The smallest absolute Gasteiger partial charge is 0.328 e. The van der Waals surface area contributed by atoms with Crippen molar-refractivity contribution in [1.29, 1.82) is 0 Å². The number of nitrogens with one attached hydrogen (secondary N) is 1. The fraction of sp³-hybridized carbons (Fsp3) is 0.353. The summed E-state index contributed by atoms with van der Waals surface area (Å²) >= 11 is 6.06. The third kappa shape index (κ3) is 4.39. The number of amides is 1. The van der Waals surface area contributed by atoms with Gasteiger partial charge in [-0.1, -0.05) is 17.7 Å². The molecule has 1 fully saturated rings. The number of carbonyl (C=O) groups is 1. The Kier molecular flexibility index (Phi) is 5.53. The van der Waals surface area contributed by atoms with E-state index in [-0.39, 0.29) is 18.3 Å². The highest BCUT2D eigenvalue weighted by Gasteiger charge is 2.22. The van der Waals surface area contributed by atoms with Gasteiger partial charge >= 0.3 is 5.69 Å². The summed E-state index contributed by atoms with van der Waals surface area (Å²) in [5.74, 6) is -0.551. The van der Waals surface area contributed by atoms with Crippen LogP contribution in [-0.4, -0.2) is 51.4 Å². The number of aromatic amines is 1. The largest absolute Gasteiger partial charge is 0.339 e. The predicted molar refractivity (Wildman–Crippen MR) is 94.6 cm³/mol. The monoisotopic (exact) mass is 380 g/mol. The fourth-order valence-electron chi connectivity index (χ4n) is 2.86. The van der Waals surface area contributed by atoms with Gasteiger partial charge in [0, 0.05) is 50.0 Å². The first kappa shape index (κ1) is 18.3. The molecule has 26 heavy (non-hydrogen) atoms. The fourth-order valence-corrected chi connectivity index (χ4v) is 3.09. The summed E-state index contributed by atoms with van der Waals surface area (Å²) in [7, 11) is 0. The molecule has 2 heterocycles. The van der Waals surface area contributed by atoms with Gasteiger partial charge in [0.25, 0.3) is 5.56 Å². The van der Waals surface area contributed by atoms with Crippen molar-refractivity contribution in [2.75, 3.05) is 26.2 Å². The number of carbonyl (C=O) groups excluding carboxylic acids is 1. The van der Waals surface area contributed by atoms with Crippen LogP contribution in [0.4, 0.5) is 4.39 Å². The molecule has 1 aliphatic rings. The SMILES string of the molecule is O=C(Cn1ccc(=O)[nH]c1=O)N1CCN(Cc2ccc(F)cc2Cl)CC1. The van der Waals surface area contributed by atoms with Gasteiger partial charge in [-0.15, -0.1) is 0 Å². The van der Waals surface area contributed by atoms with E-state index in [1.54, 1.807) is 11.0 Å². The lowest BCUT2D eigenvalue weighted by Gasteiger charge is -2.35. The van der Waals surface area contributed by atoms with Gasteiger partial charge in [-0.25, -0.2) is 9.18 Å². The third-order valence-corrected chi connectivity index (χ3v) is 4.69. The normalized spacial score (nSPS) is 15.2. The lowest BCUT2D eigenvalue weighted by molar-refractivity contribution is -0.133. The van der Waals surface area contributed by atoms with E-state index >= 15 is 0 Å². The Morgan fingerprint density at radius 1 is 1.15 bits per heavy atom. The van der Waals surface area contributed by atoms with Gasteiger partial charge in [0.15, 0.2) is 0 Å². The standard InChI is InChI=1S/C17H18ClFN4O3/c18-14-9-13(19)2-1-12(14)10-21-5-7-22(8-6-21)16(25)11-23-4-3-15(24)20-17(23)26/h1-4,9H,5-8,10-11H2,(H,20,24,26). The zero-order chi connectivity index (χ0) is 18.7. The summed E-state index contributed by atoms with van der Waals surface area (Å²) in [6.07, 6.45) is 1.31. The van der Waals surface area contributed by atoms with Crippen LogP contribution in [0.5, 0.6) is 0 Å². The quantitative estimate of drug-likeness (QED) is 0.845. The number of nitrogens with zero attached hydrogens (tertiary/aromatic N) is 3. The lowest BCUT2D eigenvalue weighted by atomic mass is 10.2. The first-order chi connectivity index (χ1) is 12.4. The summed E-state index contributed by atoms with van der Waals surface area (Å²) in [5.41, 5.74) is -0.255. The maximum atomic E-state index is 13.1. The van der Waals surface area contributed by atoms with Gasteiger partial charge in [0.1, 0.15) is 12.4 Å². The lowest BCUT2D eigenvalue weighted by Crippen LogP contribution is -2.49. The number of piperazine rings is 1. The average molecular weight is 381 g/mol. The van der Waals surface area contributed by atoms with Crippen molar-refractivity contribution < 1.29 is 9.18 Å². The topological polar surface area (TPSA) is 78.4 Å². The van der Waals surface area contributed by atoms with Gasteiger partial charge in [-0.3, -0.25) is 24.0 Å². The van der Waals surface area contributed by atoms with Crippen molar-refractivity contribution in [2.24, 2.45) is 0 Å². The highest BCUT2D eigenvalue weighted by Crippen LogP contribution is 2.19. The minimum Gasteiger partial charge on any atom is -0.339 e. The Morgan fingerprint density at radius 2 is 1.88 bits per heavy atom. The minimum atomic E-state index is -0.601. The van der Waals surface area contributed by atoms with Gasteiger partial charge in [-0.05, 0) is 17.7 Å². The Labute approximate surface area is 153 Å². The van der Waals surface area contributed by atoms with Crippen LogP contribution >= 0.6 is 11.6 Å². The minimum absolute atomic E-state index is 0.112. The van der Waals surface area contributed by atoms with Gasteiger partial charge in [-0.2, -0.15) is 0 Å². The molecule has 9 heteroatoms. The van der Waals surface area contributed by atoms with Crippen LogP contribution < -0.4 is 11.2 Å². The third-order valence-electron chi connectivity index (χ3n) is 4.34. The van der Waals surface area contributed by atoms with Crippen LogP contribution in [-0.2, 0) is 17.9 Å². The second-order valence-corrected chi connectivity index (χ2v) is 6.54. The van der Waals surface area contributed by atoms with Gasteiger partial charge in [0.05, 0.1) is 0 Å². The maximum Gasteiger partial charge on any atom is 0.328 e. The highest BCUT2D eigenvalue weighted by atomic mass is 35.5. The average Bonchev–Trinajstić information content (AvgIpc) is 2.60. The van der Waals surface area contributed by atoms with Crippen LogP contribution in [0.15, 0.2) is 40.1 Å². The molecule has 1 aromatic carbocycles. The molecular weight excluding hydrogens is 363 g/mol. The van der Waals surface area contributed by atoms with E-state index in [2.05, 4.69) is 9.88 Å². The molecule has 1 aromatic heterocycles. The molecule has 0 atom stereocenters. The van der Waals surface area contributed by atoms with Crippen molar-refractivity contribution >= 4 is 17.5 Å². The Hall–Kier alpha value is -2.45. The summed E-state index contributed by atoms with van der Waals surface area (Å²) in [6, 6.07) is 5.54. The Morgan fingerprint density at radius 3 is 2.54 bits per heavy atom. The first-order valence-corrected chi connectivity index (χ1v) is 8.54. The number of H-pyrrole nitrogens is 1. The van der Waals surface area contributed by atoms with Crippen molar-refractivity contribution in [3.8, 4) is 0 Å². The first-order valence-electron chi connectivity index (χ1n) is 8.16. The van der Waals surface area contributed by atoms with Crippen molar-refractivity contribution in [1.82, 2.24) is 19.4 Å². The Bertz CT molecular complexity index is 919. The molecule has 7 nitrogen and oxygen atoms in total. The molecule has 0 unspecified atom stereocenters. The van der Waals surface area contributed by atoms with E-state index in [9.17, 15) is 18.8 Å². The second-order valence-electron chi connectivity index (χ2n) is 6.13. The van der Waals surface area contributed by atoms with Gasteiger partial charge < -0.3 is 4.90 Å². The molecular formula is C17H18ClFN4O3. The zero-order valence-corrected chi connectivity index (χ0v) is 14.7. The molecule has 3 rings (SSSR count). The van der Waals surface area contributed by atoms with Crippen LogP contribution in [0, 0.1) is 5.82 Å². The van der Waals surface area contributed by atoms with Crippen LogP contribution in [0.2, 0.25) is 5.02 Å². The number of aromatic nitrogens is 2. The Balaban J connectivity index is 1.55. The van der Waals surface area contributed by atoms with Gasteiger partial charge in [0.2, 0.25) is 5.91 Å². The molecule has 0 radical (unpaired) electrons. The van der Waals surface area contributed by atoms with Crippen molar-refractivity contribution in [3.05, 3.63) is 67.7 Å². The summed E-state index contributed by atoms with van der Waals surface area (Å²) in [5, 5.41) is 0.390. The molecule has 0 aliphatic carbocycles. The van der Waals surface area contributed by atoms with Crippen molar-refractivity contribution in [2.45, 2.75) is 13.1 Å².